The van der Waals surface area contributed by atoms with Crippen molar-refractivity contribution < 1.29 is 19.6 Å². The minimum Gasteiger partial charge on any atom is -0.489 e. The van der Waals surface area contributed by atoms with E-state index >= 15 is 0 Å². The number of ether oxygens (including phenoxy) is 1. The first-order valence-corrected chi connectivity index (χ1v) is 9.04. The van der Waals surface area contributed by atoms with Crippen LogP contribution >= 0.6 is 31.9 Å². The number of aliphatic hydroxyl groups excluding tert-OH is 1. The van der Waals surface area contributed by atoms with Gasteiger partial charge in [-0.15, -0.1) is 0 Å². The van der Waals surface area contributed by atoms with E-state index in [1.165, 1.54) is 18.2 Å². The Bertz CT molecular complexity index is 920. The largest absolute Gasteiger partial charge is 0.489 e. The Morgan fingerprint density at radius 3 is 2.54 bits per heavy atom. The van der Waals surface area contributed by atoms with Gasteiger partial charge in [0.1, 0.15) is 12.4 Å². The average molecular weight is 484 g/mol. The summed E-state index contributed by atoms with van der Waals surface area (Å²) in [6.07, 6.45) is 1.65. The Kier molecular flexibility index (Phi) is 5.40. The van der Waals surface area contributed by atoms with E-state index in [2.05, 4.69) is 37.2 Å². The van der Waals surface area contributed by atoms with Crippen LogP contribution in [0.25, 0.3) is 11.6 Å². The minimum absolute atomic E-state index is 0.0822. The Morgan fingerprint density at radius 2 is 1.92 bits per heavy atom. The molecular weight excluding hydrogens is 472 g/mol. The van der Waals surface area contributed by atoms with E-state index in [1.54, 1.807) is 18.2 Å². The van der Waals surface area contributed by atoms with Gasteiger partial charge in [0.15, 0.2) is 0 Å². The summed E-state index contributed by atoms with van der Waals surface area (Å²) in [4.78, 5) is 22.8. The SMILES string of the molecule is O=C1Nc2ccc([N+](=O)[O-])cc2C1=Cc1cc(Br)c(OCCO)c(Br)c1. The van der Waals surface area contributed by atoms with Gasteiger partial charge in [-0.2, -0.15) is 0 Å². The van der Waals surface area contributed by atoms with Gasteiger partial charge >= 0.3 is 0 Å². The summed E-state index contributed by atoms with van der Waals surface area (Å²) in [5.74, 6) is 0.210. The zero-order chi connectivity index (χ0) is 18.8. The summed E-state index contributed by atoms with van der Waals surface area (Å²) in [6, 6.07) is 7.76. The number of hydrogen-bond donors (Lipinski definition) is 2. The second-order valence-corrected chi connectivity index (χ2v) is 7.09. The highest BCUT2D eigenvalue weighted by Crippen LogP contribution is 2.38. The van der Waals surface area contributed by atoms with E-state index in [0.717, 1.165) is 0 Å². The summed E-state index contributed by atoms with van der Waals surface area (Å²) in [6.45, 7) is 0.0392. The summed E-state index contributed by atoms with van der Waals surface area (Å²) < 4.78 is 6.73. The normalized spacial score (nSPS) is 14.3. The van der Waals surface area contributed by atoms with E-state index in [-0.39, 0.29) is 24.8 Å². The molecule has 0 spiro atoms. The molecular formula is C17H12Br2N2O5. The molecule has 0 radical (unpaired) electrons. The smallest absolute Gasteiger partial charge is 0.270 e. The molecule has 0 aromatic heterocycles. The predicted molar refractivity (Wildman–Crippen MR) is 104 cm³/mol. The van der Waals surface area contributed by atoms with Crippen molar-refractivity contribution in [3.05, 3.63) is 60.5 Å². The van der Waals surface area contributed by atoms with Crippen LogP contribution in [0.5, 0.6) is 5.75 Å². The van der Waals surface area contributed by atoms with Crippen molar-refractivity contribution in [3.63, 3.8) is 0 Å². The van der Waals surface area contributed by atoms with Gasteiger partial charge in [0.25, 0.3) is 11.6 Å². The molecule has 0 saturated carbocycles. The van der Waals surface area contributed by atoms with Crippen molar-refractivity contribution in [1.29, 1.82) is 0 Å². The lowest BCUT2D eigenvalue weighted by atomic mass is 10.0. The van der Waals surface area contributed by atoms with Crippen LogP contribution < -0.4 is 10.1 Å². The van der Waals surface area contributed by atoms with Gasteiger partial charge in [0.2, 0.25) is 0 Å². The van der Waals surface area contributed by atoms with Crippen molar-refractivity contribution in [2.45, 2.75) is 0 Å². The Morgan fingerprint density at radius 1 is 1.23 bits per heavy atom. The molecule has 2 aromatic rings. The third-order valence-electron chi connectivity index (χ3n) is 3.67. The lowest BCUT2D eigenvalue weighted by Crippen LogP contribution is -2.04. The molecule has 1 aliphatic heterocycles. The van der Waals surface area contributed by atoms with E-state index in [9.17, 15) is 14.9 Å². The topological polar surface area (TPSA) is 102 Å². The number of aliphatic hydroxyl groups is 1. The molecule has 26 heavy (non-hydrogen) atoms. The molecule has 0 unspecified atom stereocenters. The van der Waals surface area contributed by atoms with Crippen LogP contribution in [0.1, 0.15) is 11.1 Å². The van der Waals surface area contributed by atoms with Crippen molar-refractivity contribution in [2.75, 3.05) is 18.5 Å². The van der Waals surface area contributed by atoms with Crippen LogP contribution in [-0.4, -0.2) is 29.2 Å². The van der Waals surface area contributed by atoms with Crippen molar-refractivity contribution >= 4 is 60.8 Å². The molecule has 3 rings (SSSR count). The third-order valence-corrected chi connectivity index (χ3v) is 4.84. The Labute approximate surface area is 165 Å². The van der Waals surface area contributed by atoms with Crippen LogP contribution in [-0.2, 0) is 4.79 Å². The molecule has 134 valence electrons. The standard InChI is InChI=1S/C17H12Br2N2O5/c18-13-6-9(7-14(19)16(13)26-4-3-22)5-12-11-8-10(21(24)25)1-2-15(11)20-17(12)23/h1-2,5-8,22H,3-4H2,(H,20,23). The number of anilines is 1. The lowest BCUT2D eigenvalue weighted by Gasteiger charge is -2.10. The Hall–Kier alpha value is -2.23. The van der Waals surface area contributed by atoms with Gasteiger partial charge in [0, 0.05) is 29.0 Å². The van der Waals surface area contributed by atoms with Crippen molar-refractivity contribution in [2.24, 2.45) is 0 Å². The van der Waals surface area contributed by atoms with E-state index in [1.807, 2.05) is 0 Å². The first-order valence-electron chi connectivity index (χ1n) is 7.45. The number of hydrogen-bond acceptors (Lipinski definition) is 5. The lowest BCUT2D eigenvalue weighted by molar-refractivity contribution is -0.384. The maximum absolute atomic E-state index is 12.3. The molecule has 0 atom stereocenters. The maximum Gasteiger partial charge on any atom is 0.270 e. The highest BCUT2D eigenvalue weighted by atomic mass is 79.9. The van der Waals surface area contributed by atoms with Gasteiger partial charge in [-0.3, -0.25) is 14.9 Å². The summed E-state index contributed by atoms with van der Waals surface area (Å²) in [7, 11) is 0. The second kappa shape index (κ2) is 7.56. The van der Waals surface area contributed by atoms with Crippen LogP contribution in [0.3, 0.4) is 0 Å². The number of amides is 1. The monoisotopic (exact) mass is 482 g/mol. The number of non-ortho nitro benzene ring substituents is 1. The van der Waals surface area contributed by atoms with Gasteiger partial charge in [-0.05, 0) is 61.7 Å². The number of fused-ring (bicyclic) bond motifs is 1. The number of nitro groups is 1. The van der Waals surface area contributed by atoms with Gasteiger partial charge in [-0.25, -0.2) is 0 Å². The van der Waals surface area contributed by atoms with E-state index in [0.29, 0.717) is 37.1 Å². The zero-order valence-electron chi connectivity index (χ0n) is 13.2. The van der Waals surface area contributed by atoms with Gasteiger partial charge in [0.05, 0.1) is 20.5 Å². The molecule has 0 fully saturated rings. The molecule has 1 amide bonds. The molecule has 9 heteroatoms. The van der Waals surface area contributed by atoms with Gasteiger partial charge < -0.3 is 15.2 Å². The highest BCUT2D eigenvalue weighted by Gasteiger charge is 2.26. The van der Waals surface area contributed by atoms with E-state index in [4.69, 9.17) is 9.84 Å². The second-order valence-electron chi connectivity index (χ2n) is 5.38. The predicted octanol–water partition coefficient (Wildman–Crippen LogP) is 3.98. The van der Waals surface area contributed by atoms with Crippen molar-refractivity contribution in [3.8, 4) is 5.75 Å². The zero-order valence-corrected chi connectivity index (χ0v) is 16.3. The first kappa shape index (κ1) is 18.6. The fourth-order valence-corrected chi connectivity index (χ4v) is 4.00. The van der Waals surface area contributed by atoms with E-state index < -0.39 is 4.92 Å². The third kappa shape index (κ3) is 3.64. The number of benzene rings is 2. The van der Waals surface area contributed by atoms with Crippen LogP contribution in [0.4, 0.5) is 11.4 Å². The summed E-state index contributed by atoms with van der Waals surface area (Å²) in [5, 5.41) is 22.6. The van der Waals surface area contributed by atoms with Crippen LogP contribution in [0.15, 0.2) is 39.3 Å². The molecule has 0 saturated heterocycles. The molecule has 2 N–H and O–H groups in total. The minimum atomic E-state index is -0.499. The number of halogens is 2. The number of nitro benzene ring substituents is 1. The van der Waals surface area contributed by atoms with Crippen molar-refractivity contribution in [1.82, 2.24) is 0 Å². The Balaban J connectivity index is 2.02. The number of carbonyl (C=O) groups excluding carboxylic acids is 1. The number of carbonyl (C=O) groups is 1. The number of nitrogens with one attached hydrogen (secondary N) is 1. The fourth-order valence-electron chi connectivity index (χ4n) is 2.55. The average Bonchev–Trinajstić information content (AvgIpc) is 2.89. The number of nitrogens with zero attached hydrogens (tertiary/aromatic N) is 1. The maximum atomic E-state index is 12.3. The summed E-state index contributed by atoms with van der Waals surface area (Å²) in [5.41, 5.74) is 1.97. The molecule has 7 nitrogen and oxygen atoms in total. The molecule has 0 bridgehead atoms. The molecule has 1 heterocycles. The van der Waals surface area contributed by atoms with Crippen LogP contribution in [0.2, 0.25) is 0 Å². The fraction of sp³-hybridized carbons (Fsp3) is 0.118. The van der Waals surface area contributed by atoms with Crippen LogP contribution in [0, 0.1) is 10.1 Å². The summed E-state index contributed by atoms with van der Waals surface area (Å²) >= 11 is 6.80. The quantitative estimate of drug-likeness (QED) is 0.380. The number of rotatable bonds is 5. The first-order chi connectivity index (χ1) is 12.4. The van der Waals surface area contributed by atoms with Gasteiger partial charge in [-0.1, -0.05) is 0 Å². The molecule has 0 aliphatic carbocycles. The highest BCUT2D eigenvalue weighted by molar-refractivity contribution is 9.11. The molecule has 2 aromatic carbocycles. The molecule has 1 aliphatic rings.